The van der Waals surface area contributed by atoms with E-state index in [0.717, 1.165) is 31.7 Å². The number of amides is 1. The van der Waals surface area contributed by atoms with Crippen LogP contribution < -0.4 is 11.1 Å². The highest BCUT2D eigenvalue weighted by atomic mass is 35.5. The van der Waals surface area contributed by atoms with Crippen molar-refractivity contribution in [2.75, 3.05) is 13.1 Å². The van der Waals surface area contributed by atoms with Gasteiger partial charge in [-0.1, -0.05) is 25.7 Å². The fourth-order valence-electron chi connectivity index (χ4n) is 6.18. The van der Waals surface area contributed by atoms with Crippen molar-refractivity contribution in [2.45, 2.75) is 95.2 Å². The van der Waals surface area contributed by atoms with Crippen LogP contribution in [-0.4, -0.2) is 42.0 Å². The number of carbonyl (C=O) groups is 1. The number of carbonyl (C=O) groups excluding carboxylic acids is 1. The zero-order chi connectivity index (χ0) is 17.2. The van der Waals surface area contributed by atoms with E-state index < -0.39 is 0 Å². The summed E-state index contributed by atoms with van der Waals surface area (Å²) in [7, 11) is 0. The van der Waals surface area contributed by atoms with Gasteiger partial charge in [-0.25, -0.2) is 0 Å². The van der Waals surface area contributed by atoms with Gasteiger partial charge in [-0.2, -0.15) is 0 Å². The molecule has 3 saturated carbocycles. The van der Waals surface area contributed by atoms with Crippen molar-refractivity contribution in [3.05, 3.63) is 0 Å². The fraction of sp³-hybridized carbons (Fsp3) is 0.952. The van der Waals surface area contributed by atoms with Crippen LogP contribution in [0.4, 0.5) is 0 Å². The van der Waals surface area contributed by atoms with Crippen molar-refractivity contribution >= 4 is 30.7 Å². The predicted molar refractivity (Wildman–Crippen MR) is 116 cm³/mol. The molecule has 3 aliphatic carbocycles. The summed E-state index contributed by atoms with van der Waals surface area (Å²) < 4.78 is 0. The molecule has 0 aromatic rings. The lowest BCUT2D eigenvalue weighted by molar-refractivity contribution is -0.129. The first kappa shape index (κ1) is 23.3. The van der Waals surface area contributed by atoms with Crippen LogP contribution in [0.3, 0.4) is 0 Å². The van der Waals surface area contributed by atoms with E-state index in [9.17, 15) is 4.79 Å². The average Bonchev–Trinajstić information content (AvgIpc) is 2.63. The molecule has 1 saturated heterocycles. The van der Waals surface area contributed by atoms with Crippen LogP contribution in [0.25, 0.3) is 0 Å². The molecule has 1 heterocycles. The maximum absolute atomic E-state index is 12.8. The maximum atomic E-state index is 12.8. The van der Waals surface area contributed by atoms with Crippen molar-refractivity contribution in [2.24, 2.45) is 23.5 Å². The molecule has 1 amide bonds. The van der Waals surface area contributed by atoms with E-state index in [2.05, 4.69) is 10.2 Å². The van der Waals surface area contributed by atoms with Gasteiger partial charge in [0.2, 0.25) is 5.91 Å². The molecule has 1 aliphatic heterocycles. The van der Waals surface area contributed by atoms with Crippen molar-refractivity contribution in [3.63, 3.8) is 0 Å². The van der Waals surface area contributed by atoms with E-state index in [0.29, 0.717) is 29.8 Å². The Hall–Kier alpha value is -0.0300. The van der Waals surface area contributed by atoms with Gasteiger partial charge < -0.3 is 16.0 Å². The second-order valence-corrected chi connectivity index (χ2v) is 9.31. The minimum atomic E-state index is 0. The summed E-state index contributed by atoms with van der Waals surface area (Å²) in [5.41, 5.74) is 6.38. The van der Waals surface area contributed by atoms with Gasteiger partial charge in [0.05, 0.1) is 0 Å². The number of likely N-dealkylation sites (tertiary alicyclic amines) is 1. The molecular formula is C21H39Cl2N3O. The largest absolute Gasteiger partial charge is 0.353 e. The molecule has 2 atom stereocenters. The molecule has 4 fully saturated rings. The summed E-state index contributed by atoms with van der Waals surface area (Å²) in [6.07, 6.45) is 15.2. The molecule has 4 aliphatic rings. The van der Waals surface area contributed by atoms with E-state index in [-0.39, 0.29) is 30.7 Å². The summed E-state index contributed by atoms with van der Waals surface area (Å²) in [6, 6.07) is 1.59. The number of fused-ring (bicyclic) bond motifs is 2. The van der Waals surface area contributed by atoms with Gasteiger partial charge in [-0.05, 0) is 63.2 Å². The van der Waals surface area contributed by atoms with E-state index in [1.807, 2.05) is 0 Å². The SMILES string of the molecule is Cl.Cl.NC1C2CCCC1CC(C(=O)NC1CCN(C3CCCCC3)CC1)C2. The predicted octanol–water partition coefficient (Wildman–Crippen LogP) is 3.90. The molecule has 0 aromatic heterocycles. The average molecular weight is 420 g/mol. The Bertz CT molecular complexity index is 450. The number of piperidine rings is 1. The van der Waals surface area contributed by atoms with Crippen LogP contribution in [-0.2, 0) is 4.79 Å². The molecular weight excluding hydrogens is 381 g/mol. The van der Waals surface area contributed by atoms with Crippen LogP contribution in [0.15, 0.2) is 0 Å². The third-order valence-electron chi connectivity index (χ3n) is 7.75. The molecule has 6 heteroatoms. The smallest absolute Gasteiger partial charge is 0.223 e. The van der Waals surface area contributed by atoms with Gasteiger partial charge in [0.1, 0.15) is 0 Å². The number of hydrogen-bond donors (Lipinski definition) is 2. The van der Waals surface area contributed by atoms with Gasteiger partial charge >= 0.3 is 0 Å². The third kappa shape index (κ3) is 5.52. The summed E-state index contributed by atoms with van der Waals surface area (Å²) in [6.45, 7) is 2.35. The second-order valence-electron chi connectivity index (χ2n) is 9.31. The Kier molecular flexibility index (Phi) is 9.18. The molecule has 0 aromatic carbocycles. The number of hydrogen-bond acceptors (Lipinski definition) is 3. The van der Waals surface area contributed by atoms with Crippen LogP contribution >= 0.6 is 24.8 Å². The number of nitrogens with one attached hydrogen (secondary N) is 1. The van der Waals surface area contributed by atoms with Crippen LogP contribution in [0.2, 0.25) is 0 Å². The third-order valence-corrected chi connectivity index (χ3v) is 7.75. The van der Waals surface area contributed by atoms with Crippen LogP contribution in [0.5, 0.6) is 0 Å². The van der Waals surface area contributed by atoms with Gasteiger partial charge in [-0.15, -0.1) is 24.8 Å². The molecule has 0 radical (unpaired) electrons. The molecule has 3 N–H and O–H groups in total. The van der Waals surface area contributed by atoms with Gasteiger partial charge in [0.15, 0.2) is 0 Å². The number of halogens is 2. The van der Waals surface area contributed by atoms with Crippen molar-refractivity contribution < 1.29 is 4.79 Å². The lowest BCUT2D eigenvalue weighted by Crippen LogP contribution is -2.52. The van der Waals surface area contributed by atoms with E-state index in [1.54, 1.807) is 0 Å². The second kappa shape index (κ2) is 10.7. The van der Waals surface area contributed by atoms with E-state index in [4.69, 9.17) is 5.73 Å². The molecule has 158 valence electrons. The quantitative estimate of drug-likeness (QED) is 0.728. The maximum Gasteiger partial charge on any atom is 0.223 e. The van der Waals surface area contributed by atoms with Crippen LogP contribution in [0, 0.1) is 17.8 Å². The first-order valence-electron chi connectivity index (χ1n) is 11.0. The Labute approximate surface area is 177 Å². The Balaban J connectivity index is 0.00000131. The van der Waals surface area contributed by atoms with Crippen molar-refractivity contribution in [1.82, 2.24) is 10.2 Å². The normalized spacial score (nSPS) is 35.6. The Morgan fingerprint density at radius 2 is 1.41 bits per heavy atom. The molecule has 2 unspecified atom stereocenters. The lowest BCUT2D eigenvalue weighted by Gasteiger charge is -2.44. The van der Waals surface area contributed by atoms with Crippen molar-refractivity contribution in [3.8, 4) is 0 Å². The summed E-state index contributed by atoms with van der Waals surface area (Å²) >= 11 is 0. The highest BCUT2D eigenvalue weighted by Gasteiger charge is 2.41. The summed E-state index contributed by atoms with van der Waals surface area (Å²) in [5, 5.41) is 3.41. The molecule has 27 heavy (non-hydrogen) atoms. The van der Waals surface area contributed by atoms with Gasteiger partial charge in [-0.3, -0.25) is 4.79 Å². The zero-order valence-electron chi connectivity index (χ0n) is 16.6. The fourth-order valence-corrected chi connectivity index (χ4v) is 6.18. The van der Waals surface area contributed by atoms with E-state index >= 15 is 0 Å². The number of rotatable bonds is 3. The van der Waals surface area contributed by atoms with E-state index in [1.165, 1.54) is 64.5 Å². The standard InChI is InChI=1S/C21H37N3O.2ClH/c22-20-15-5-4-6-16(20)14-17(13-15)21(25)23-18-9-11-24(12-10-18)19-7-2-1-3-8-19;;/h15-20H,1-14,22H2,(H,23,25);2*1H. The highest BCUT2D eigenvalue weighted by Crippen LogP contribution is 2.42. The highest BCUT2D eigenvalue weighted by molar-refractivity contribution is 5.85. The first-order chi connectivity index (χ1) is 12.2. The Morgan fingerprint density at radius 3 is 2.00 bits per heavy atom. The first-order valence-corrected chi connectivity index (χ1v) is 11.0. The minimum absolute atomic E-state index is 0. The molecule has 0 spiro atoms. The van der Waals surface area contributed by atoms with Gasteiger partial charge in [0.25, 0.3) is 0 Å². The number of nitrogens with two attached hydrogens (primary N) is 1. The number of nitrogens with zero attached hydrogens (tertiary/aromatic N) is 1. The van der Waals surface area contributed by atoms with Crippen molar-refractivity contribution in [1.29, 1.82) is 0 Å². The summed E-state index contributed by atoms with van der Waals surface area (Å²) in [5.74, 6) is 1.75. The summed E-state index contributed by atoms with van der Waals surface area (Å²) in [4.78, 5) is 15.5. The zero-order valence-corrected chi connectivity index (χ0v) is 18.2. The molecule has 4 rings (SSSR count). The molecule has 4 nitrogen and oxygen atoms in total. The Morgan fingerprint density at radius 1 is 0.815 bits per heavy atom. The van der Waals surface area contributed by atoms with Crippen LogP contribution in [0.1, 0.15) is 77.0 Å². The lowest BCUT2D eigenvalue weighted by atomic mass is 9.65. The molecule has 2 bridgehead atoms. The topological polar surface area (TPSA) is 58.4 Å². The monoisotopic (exact) mass is 419 g/mol. The minimum Gasteiger partial charge on any atom is -0.353 e. The van der Waals surface area contributed by atoms with Gasteiger partial charge in [0, 0.05) is 37.1 Å².